The Morgan fingerprint density at radius 1 is 0.935 bits per heavy atom. The predicted molar refractivity (Wildman–Crippen MR) is 121 cm³/mol. The number of fused-ring (bicyclic) bond motifs is 1. The Hall–Kier alpha value is -4.03. The van der Waals surface area contributed by atoms with Crippen LogP contribution in [0, 0.1) is 0 Å². The van der Waals surface area contributed by atoms with Gasteiger partial charge in [-0.2, -0.15) is 5.10 Å². The van der Waals surface area contributed by atoms with Crippen molar-refractivity contribution in [2.24, 2.45) is 5.10 Å². The first kappa shape index (κ1) is 20.3. The predicted octanol–water partition coefficient (Wildman–Crippen LogP) is 5.02. The zero-order valence-corrected chi connectivity index (χ0v) is 16.9. The van der Waals surface area contributed by atoms with Gasteiger partial charge in [0.25, 0.3) is 5.91 Å². The molecule has 0 aliphatic heterocycles. The number of hydrogen-bond donors (Lipinski definition) is 2. The third-order valence-electron chi connectivity index (χ3n) is 4.66. The van der Waals surface area contributed by atoms with E-state index >= 15 is 0 Å². The number of amides is 1. The number of para-hydroxylation sites is 1. The van der Waals surface area contributed by atoms with Crippen molar-refractivity contribution >= 4 is 40.6 Å². The van der Waals surface area contributed by atoms with Crippen molar-refractivity contribution in [2.45, 2.75) is 0 Å². The average molecular weight is 430 g/mol. The van der Waals surface area contributed by atoms with E-state index in [2.05, 4.69) is 15.5 Å². The van der Waals surface area contributed by atoms with Gasteiger partial charge in [0.05, 0.1) is 28.6 Å². The van der Waals surface area contributed by atoms with Gasteiger partial charge in [0, 0.05) is 21.5 Å². The number of rotatable bonds is 5. The minimum atomic E-state index is -1.07. The molecule has 0 aliphatic carbocycles. The molecule has 1 amide bonds. The van der Waals surface area contributed by atoms with Crippen LogP contribution >= 0.6 is 11.6 Å². The van der Waals surface area contributed by atoms with Gasteiger partial charge in [-0.15, -0.1) is 0 Å². The van der Waals surface area contributed by atoms with Crippen molar-refractivity contribution in [1.29, 1.82) is 0 Å². The van der Waals surface area contributed by atoms with Gasteiger partial charge in [0.1, 0.15) is 0 Å². The van der Waals surface area contributed by atoms with Crippen molar-refractivity contribution in [3.05, 3.63) is 101 Å². The fourth-order valence-electron chi connectivity index (χ4n) is 3.16. The fourth-order valence-corrected chi connectivity index (χ4v) is 3.28. The number of hydrogen-bond acceptors (Lipinski definition) is 4. The summed E-state index contributed by atoms with van der Waals surface area (Å²) in [5.41, 5.74) is 5.48. The zero-order valence-electron chi connectivity index (χ0n) is 16.1. The molecule has 0 saturated heterocycles. The van der Waals surface area contributed by atoms with E-state index < -0.39 is 11.9 Å². The number of halogens is 1. The molecule has 4 rings (SSSR count). The van der Waals surface area contributed by atoms with E-state index in [1.165, 1.54) is 12.3 Å². The molecule has 2 N–H and O–H groups in total. The molecule has 0 fully saturated rings. The summed E-state index contributed by atoms with van der Waals surface area (Å²) in [6.45, 7) is 0. The van der Waals surface area contributed by atoms with Crippen LogP contribution < -0.4 is 5.43 Å². The summed E-state index contributed by atoms with van der Waals surface area (Å²) >= 11 is 5.98. The average Bonchev–Trinajstić information content (AvgIpc) is 2.79. The second kappa shape index (κ2) is 8.77. The van der Waals surface area contributed by atoms with E-state index in [9.17, 15) is 14.7 Å². The Bertz CT molecular complexity index is 1320. The van der Waals surface area contributed by atoms with Gasteiger partial charge in [-0.25, -0.2) is 15.2 Å². The maximum Gasteiger partial charge on any atom is 0.336 e. The summed E-state index contributed by atoms with van der Waals surface area (Å²) in [6.07, 6.45) is 1.31. The maximum atomic E-state index is 12.9. The zero-order chi connectivity index (χ0) is 21.8. The SMILES string of the molecule is O=C(O)c1ccccc1/C=N/NC(=O)c1cc(-c2ccc(Cl)cc2)nc2ccccc12. The summed E-state index contributed by atoms with van der Waals surface area (Å²) in [4.78, 5) is 28.9. The van der Waals surface area contributed by atoms with Crippen LogP contribution in [-0.4, -0.2) is 28.2 Å². The summed E-state index contributed by atoms with van der Waals surface area (Å²) in [7, 11) is 0. The second-order valence-corrected chi connectivity index (χ2v) is 7.11. The Labute approximate surface area is 182 Å². The highest BCUT2D eigenvalue weighted by atomic mass is 35.5. The highest BCUT2D eigenvalue weighted by Gasteiger charge is 2.14. The van der Waals surface area contributed by atoms with Crippen LogP contribution in [0.25, 0.3) is 22.2 Å². The van der Waals surface area contributed by atoms with Crippen molar-refractivity contribution in [3.8, 4) is 11.3 Å². The van der Waals surface area contributed by atoms with Gasteiger partial charge in [0.2, 0.25) is 0 Å². The quantitative estimate of drug-likeness (QED) is 0.344. The topological polar surface area (TPSA) is 91.6 Å². The highest BCUT2D eigenvalue weighted by molar-refractivity contribution is 6.30. The minimum absolute atomic E-state index is 0.0971. The molecule has 6 nitrogen and oxygen atoms in total. The number of benzene rings is 3. The number of carbonyl (C=O) groups is 2. The first-order chi connectivity index (χ1) is 15.0. The van der Waals surface area contributed by atoms with Crippen LogP contribution in [0.15, 0.2) is 84.0 Å². The van der Waals surface area contributed by atoms with Crippen LogP contribution in [0.1, 0.15) is 26.3 Å². The van der Waals surface area contributed by atoms with Crippen molar-refractivity contribution < 1.29 is 14.7 Å². The van der Waals surface area contributed by atoms with Crippen LogP contribution in [-0.2, 0) is 0 Å². The number of aromatic nitrogens is 1. The molecule has 3 aromatic carbocycles. The van der Waals surface area contributed by atoms with E-state index in [1.807, 2.05) is 36.4 Å². The monoisotopic (exact) mass is 429 g/mol. The van der Waals surface area contributed by atoms with Crippen molar-refractivity contribution in [2.75, 3.05) is 0 Å². The molecule has 0 unspecified atom stereocenters. The Kier molecular flexibility index (Phi) is 5.73. The van der Waals surface area contributed by atoms with Crippen LogP contribution in [0.2, 0.25) is 5.02 Å². The normalized spacial score (nSPS) is 11.0. The summed E-state index contributed by atoms with van der Waals surface area (Å²) in [5, 5.41) is 14.5. The van der Waals surface area contributed by atoms with Crippen LogP contribution in [0.3, 0.4) is 0 Å². The summed E-state index contributed by atoms with van der Waals surface area (Å²) < 4.78 is 0. The first-order valence-electron chi connectivity index (χ1n) is 9.34. The van der Waals surface area contributed by atoms with E-state index in [-0.39, 0.29) is 5.56 Å². The molecule has 0 atom stereocenters. The standard InChI is InChI=1S/C24H16ClN3O3/c25-17-11-9-15(10-12-17)22-13-20(19-7-3-4-8-21(19)27-22)23(29)28-26-14-16-5-1-2-6-18(16)24(30)31/h1-14H,(H,28,29)(H,30,31)/b26-14+. The van der Waals surface area contributed by atoms with E-state index in [4.69, 9.17) is 11.6 Å². The Morgan fingerprint density at radius 2 is 1.65 bits per heavy atom. The summed E-state index contributed by atoms with van der Waals surface area (Å²) in [6, 6.07) is 22.6. The third kappa shape index (κ3) is 4.44. The Balaban J connectivity index is 1.67. The minimum Gasteiger partial charge on any atom is -0.478 e. The van der Waals surface area contributed by atoms with E-state index in [0.717, 1.165) is 5.56 Å². The second-order valence-electron chi connectivity index (χ2n) is 6.67. The first-order valence-corrected chi connectivity index (χ1v) is 9.72. The number of pyridine rings is 1. The number of nitrogens with one attached hydrogen (secondary N) is 1. The van der Waals surface area contributed by atoms with Gasteiger partial charge in [-0.3, -0.25) is 4.79 Å². The molecule has 0 saturated carbocycles. The molecule has 7 heteroatoms. The van der Waals surface area contributed by atoms with Gasteiger partial charge in [-0.05, 0) is 30.3 Å². The molecule has 4 aromatic rings. The molecular formula is C24H16ClN3O3. The van der Waals surface area contributed by atoms with Crippen molar-refractivity contribution in [3.63, 3.8) is 0 Å². The third-order valence-corrected chi connectivity index (χ3v) is 4.91. The number of carboxylic acids is 1. The van der Waals surface area contributed by atoms with Crippen LogP contribution in [0.5, 0.6) is 0 Å². The molecule has 0 spiro atoms. The summed E-state index contributed by atoms with van der Waals surface area (Å²) in [5.74, 6) is -1.50. The smallest absolute Gasteiger partial charge is 0.336 e. The molecule has 0 radical (unpaired) electrons. The number of carbonyl (C=O) groups excluding carboxylic acids is 1. The van der Waals surface area contributed by atoms with Gasteiger partial charge in [-0.1, -0.05) is 60.1 Å². The van der Waals surface area contributed by atoms with E-state index in [1.54, 1.807) is 36.4 Å². The number of aromatic carboxylic acids is 1. The lowest BCUT2D eigenvalue weighted by Gasteiger charge is -2.09. The molecule has 1 aromatic heterocycles. The van der Waals surface area contributed by atoms with Gasteiger partial charge < -0.3 is 5.11 Å². The maximum absolute atomic E-state index is 12.9. The molecule has 31 heavy (non-hydrogen) atoms. The lowest BCUT2D eigenvalue weighted by Crippen LogP contribution is -2.18. The van der Waals surface area contributed by atoms with Gasteiger partial charge in [0.15, 0.2) is 0 Å². The molecule has 0 bridgehead atoms. The largest absolute Gasteiger partial charge is 0.478 e. The lowest BCUT2D eigenvalue weighted by atomic mass is 10.0. The molecule has 1 heterocycles. The molecular weight excluding hydrogens is 414 g/mol. The number of carboxylic acid groups (broad SMARTS) is 1. The molecule has 152 valence electrons. The van der Waals surface area contributed by atoms with Crippen molar-refractivity contribution in [1.82, 2.24) is 10.4 Å². The lowest BCUT2D eigenvalue weighted by molar-refractivity contribution is 0.0696. The number of hydrazone groups is 1. The van der Waals surface area contributed by atoms with Crippen LogP contribution in [0.4, 0.5) is 0 Å². The molecule has 0 aliphatic rings. The highest BCUT2D eigenvalue weighted by Crippen LogP contribution is 2.26. The number of nitrogens with zero attached hydrogens (tertiary/aromatic N) is 2. The van der Waals surface area contributed by atoms with Gasteiger partial charge >= 0.3 is 5.97 Å². The Morgan fingerprint density at radius 3 is 2.42 bits per heavy atom. The fraction of sp³-hybridized carbons (Fsp3) is 0. The van der Waals surface area contributed by atoms with E-state index in [0.29, 0.717) is 32.7 Å².